The van der Waals surface area contributed by atoms with Crippen LogP contribution in [0.15, 0.2) is 0 Å². The van der Waals surface area contributed by atoms with E-state index in [1.165, 1.54) is 0 Å². The van der Waals surface area contributed by atoms with E-state index in [-0.39, 0.29) is 4.75 Å². The molecular weight excluding hydrogens is 174 g/mol. The SMILES string of the molecule is CC1CS(=O)(=O)C12CCNCC2. The third-order valence-electron chi connectivity index (χ3n) is 3.44. The zero-order valence-corrected chi connectivity index (χ0v) is 8.15. The maximum absolute atomic E-state index is 11.6. The van der Waals surface area contributed by atoms with E-state index in [1.807, 2.05) is 0 Å². The van der Waals surface area contributed by atoms with Gasteiger partial charge >= 0.3 is 0 Å². The van der Waals surface area contributed by atoms with Gasteiger partial charge < -0.3 is 5.32 Å². The Balaban J connectivity index is 2.28. The molecule has 2 aliphatic heterocycles. The summed E-state index contributed by atoms with van der Waals surface area (Å²) in [6.45, 7) is 3.79. The van der Waals surface area contributed by atoms with Crippen molar-refractivity contribution in [3.63, 3.8) is 0 Å². The third kappa shape index (κ3) is 0.879. The van der Waals surface area contributed by atoms with E-state index in [0.29, 0.717) is 11.7 Å². The van der Waals surface area contributed by atoms with E-state index in [2.05, 4.69) is 12.2 Å². The topological polar surface area (TPSA) is 46.2 Å². The zero-order valence-electron chi connectivity index (χ0n) is 7.34. The highest BCUT2D eigenvalue weighted by Crippen LogP contribution is 2.45. The highest BCUT2D eigenvalue weighted by atomic mass is 32.2. The van der Waals surface area contributed by atoms with Gasteiger partial charge in [0.1, 0.15) is 0 Å². The fourth-order valence-electron chi connectivity index (χ4n) is 2.51. The van der Waals surface area contributed by atoms with Gasteiger partial charge in [0.2, 0.25) is 0 Å². The van der Waals surface area contributed by atoms with Crippen LogP contribution in [-0.4, -0.2) is 32.0 Å². The molecule has 1 spiro atoms. The van der Waals surface area contributed by atoms with Crippen LogP contribution >= 0.6 is 0 Å². The third-order valence-corrected chi connectivity index (χ3v) is 6.43. The second-order valence-electron chi connectivity index (χ2n) is 4.00. The van der Waals surface area contributed by atoms with Crippen LogP contribution in [0.4, 0.5) is 0 Å². The van der Waals surface area contributed by atoms with Gasteiger partial charge in [-0.05, 0) is 31.8 Å². The van der Waals surface area contributed by atoms with Gasteiger partial charge in [-0.3, -0.25) is 0 Å². The normalized spacial score (nSPS) is 37.6. The zero-order chi connectivity index (χ0) is 8.82. The molecule has 0 aliphatic carbocycles. The summed E-state index contributed by atoms with van der Waals surface area (Å²) in [4.78, 5) is 0. The summed E-state index contributed by atoms with van der Waals surface area (Å²) in [7, 11) is -2.73. The summed E-state index contributed by atoms with van der Waals surface area (Å²) in [6, 6.07) is 0. The monoisotopic (exact) mass is 189 g/mol. The van der Waals surface area contributed by atoms with Gasteiger partial charge in [0.15, 0.2) is 9.84 Å². The predicted molar refractivity (Wildman–Crippen MR) is 47.8 cm³/mol. The molecule has 4 heteroatoms. The van der Waals surface area contributed by atoms with Crippen molar-refractivity contribution in [3.8, 4) is 0 Å². The molecule has 2 saturated heterocycles. The minimum atomic E-state index is -2.73. The van der Waals surface area contributed by atoms with Crippen LogP contribution in [0.25, 0.3) is 0 Å². The Kier molecular flexibility index (Phi) is 1.74. The van der Waals surface area contributed by atoms with Crippen molar-refractivity contribution in [2.75, 3.05) is 18.8 Å². The van der Waals surface area contributed by atoms with Crippen molar-refractivity contribution in [3.05, 3.63) is 0 Å². The Bertz CT molecular complexity index is 277. The molecule has 2 aliphatic rings. The summed E-state index contributed by atoms with van der Waals surface area (Å²) in [5.74, 6) is 0.789. The Morgan fingerprint density at radius 2 is 1.92 bits per heavy atom. The van der Waals surface area contributed by atoms with Gasteiger partial charge in [0.05, 0.1) is 10.5 Å². The Morgan fingerprint density at radius 1 is 1.33 bits per heavy atom. The Labute approximate surface area is 73.5 Å². The Hall–Kier alpha value is -0.0900. The minimum Gasteiger partial charge on any atom is -0.317 e. The van der Waals surface area contributed by atoms with Crippen molar-refractivity contribution >= 4 is 9.84 Å². The first-order valence-electron chi connectivity index (χ1n) is 4.51. The van der Waals surface area contributed by atoms with E-state index >= 15 is 0 Å². The van der Waals surface area contributed by atoms with E-state index in [0.717, 1.165) is 25.9 Å². The molecule has 3 nitrogen and oxygen atoms in total. The van der Waals surface area contributed by atoms with E-state index in [4.69, 9.17) is 0 Å². The average molecular weight is 189 g/mol. The van der Waals surface area contributed by atoms with E-state index < -0.39 is 9.84 Å². The second-order valence-corrected chi connectivity index (χ2v) is 6.37. The molecule has 70 valence electrons. The van der Waals surface area contributed by atoms with Crippen LogP contribution in [0.2, 0.25) is 0 Å². The number of rotatable bonds is 0. The van der Waals surface area contributed by atoms with Gasteiger partial charge in [0, 0.05) is 0 Å². The molecule has 12 heavy (non-hydrogen) atoms. The van der Waals surface area contributed by atoms with Gasteiger partial charge in [-0.15, -0.1) is 0 Å². The molecule has 0 amide bonds. The summed E-state index contributed by atoms with van der Waals surface area (Å²) >= 11 is 0. The van der Waals surface area contributed by atoms with E-state index in [1.54, 1.807) is 0 Å². The van der Waals surface area contributed by atoms with Gasteiger partial charge in [-0.1, -0.05) is 6.92 Å². The van der Waals surface area contributed by atoms with Crippen molar-refractivity contribution in [1.29, 1.82) is 0 Å². The van der Waals surface area contributed by atoms with Crippen LogP contribution in [-0.2, 0) is 9.84 Å². The van der Waals surface area contributed by atoms with Crippen molar-refractivity contribution in [1.82, 2.24) is 5.32 Å². The first kappa shape index (κ1) is 8.51. The fraction of sp³-hybridized carbons (Fsp3) is 1.00. The Morgan fingerprint density at radius 3 is 2.25 bits per heavy atom. The van der Waals surface area contributed by atoms with Crippen LogP contribution in [0, 0.1) is 5.92 Å². The number of piperidine rings is 1. The van der Waals surface area contributed by atoms with Crippen molar-refractivity contribution < 1.29 is 8.42 Å². The number of sulfone groups is 1. The summed E-state index contributed by atoms with van der Waals surface area (Å²) in [6.07, 6.45) is 1.63. The molecule has 0 aromatic rings. The first-order valence-corrected chi connectivity index (χ1v) is 6.17. The first-order chi connectivity index (χ1) is 5.58. The van der Waals surface area contributed by atoms with Crippen molar-refractivity contribution in [2.24, 2.45) is 5.92 Å². The highest BCUT2D eigenvalue weighted by Gasteiger charge is 2.57. The number of hydrogen-bond donors (Lipinski definition) is 1. The summed E-state index contributed by atoms with van der Waals surface area (Å²) in [5.41, 5.74) is 0. The molecule has 0 aromatic carbocycles. The summed E-state index contributed by atoms with van der Waals surface area (Å²) < 4.78 is 22.8. The lowest BCUT2D eigenvalue weighted by molar-refractivity contribution is 0.277. The highest BCUT2D eigenvalue weighted by molar-refractivity contribution is 7.94. The molecule has 2 fully saturated rings. The van der Waals surface area contributed by atoms with E-state index in [9.17, 15) is 8.42 Å². The molecule has 0 bridgehead atoms. The van der Waals surface area contributed by atoms with Crippen LogP contribution in [0.5, 0.6) is 0 Å². The van der Waals surface area contributed by atoms with Crippen LogP contribution in [0.3, 0.4) is 0 Å². The van der Waals surface area contributed by atoms with Gasteiger partial charge in [-0.25, -0.2) is 8.42 Å². The molecule has 0 saturated carbocycles. The fourth-order valence-corrected chi connectivity index (χ4v) is 5.04. The molecule has 1 atom stereocenters. The largest absolute Gasteiger partial charge is 0.317 e. The molecule has 0 aromatic heterocycles. The maximum Gasteiger partial charge on any atom is 0.156 e. The number of nitrogens with one attached hydrogen (secondary N) is 1. The van der Waals surface area contributed by atoms with Gasteiger partial charge in [-0.2, -0.15) is 0 Å². The smallest absolute Gasteiger partial charge is 0.156 e. The van der Waals surface area contributed by atoms with Crippen LogP contribution in [0.1, 0.15) is 19.8 Å². The summed E-state index contributed by atoms with van der Waals surface area (Å²) in [5, 5.41) is 3.20. The molecular formula is C8H15NO2S. The lowest BCUT2D eigenvalue weighted by atomic mass is 9.85. The molecule has 2 rings (SSSR count). The quantitative estimate of drug-likeness (QED) is 0.591. The molecule has 1 unspecified atom stereocenters. The maximum atomic E-state index is 11.6. The molecule has 1 N–H and O–H groups in total. The standard InChI is InChI=1S/C8H15NO2S/c1-7-6-12(10,11)8(7)2-4-9-5-3-8/h7,9H,2-6H2,1H3. The lowest BCUT2D eigenvalue weighted by Gasteiger charge is -2.49. The lowest BCUT2D eigenvalue weighted by Crippen LogP contribution is -2.62. The van der Waals surface area contributed by atoms with Crippen molar-refractivity contribution in [2.45, 2.75) is 24.5 Å². The predicted octanol–water partition coefficient (Wildman–Crippen LogP) is 0.173. The van der Waals surface area contributed by atoms with Gasteiger partial charge in [0.25, 0.3) is 0 Å². The van der Waals surface area contributed by atoms with Crippen LogP contribution < -0.4 is 5.32 Å². The second kappa shape index (κ2) is 2.45. The minimum absolute atomic E-state index is 0.335. The average Bonchev–Trinajstić information content (AvgIpc) is 2.05. The molecule has 2 heterocycles. The molecule has 0 radical (unpaired) electrons. The number of hydrogen-bond acceptors (Lipinski definition) is 3.